The average Bonchev–Trinajstić information content (AvgIpc) is 2.95. The van der Waals surface area contributed by atoms with E-state index in [1.165, 1.54) is 0 Å². The van der Waals surface area contributed by atoms with Gasteiger partial charge in [-0.25, -0.2) is 14.5 Å². The Hall–Kier alpha value is -2.94. The Morgan fingerprint density at radius 3 is 2.87 bits per heavy atom. The zero-order valence-corrected chi connectivity index (χ0v) is 13.4. The molecule has 0 atom stereocenters. The molecule has 3 rings (SSSR count). The lowest BCUT2D eigenvalue weighted by Crippen LogP contribution is -2.19. The van der Waals surface area contributed by atoms with Gasteiger partial charge in [-0.15, -0.1) is 0 Å². The molecule has 23 heavy (non-hydrogen) atoms. The molecule has 3 aromatic rings. The van der Waals surface area contributed by atoms with Crippen LogP contribution in [0.1, 0.15) is 26.3 Å². The number of rotatable bonds is 3. The zero-order valence-electron chi connectivity index (χ0n) is 13.4. The summed E-state index contributed by atoms with van der Waals surface area (Å²) >= 11 is 0. The van der Waals surface area contributed by atoms with Crippen molar-refractivity contribution in [2.24, 2.45) is 5.41 Å². The fourth-order valence-electron chi connectivity index (χ4n) is 2.17. The van der Waals surface area contributed by atoms with Crippen molar-refractivity contribution in [3.63, 3.8) is 0 Å². The normalized spacial score (nSPS) is 11.4. The minimum Gasteiger partial charge on any atom is -0.369 e. The van der Waals surface area contributed by atoms with Gasteiger partial charge in [-0.2, -0.15) is 10.4 Å². The molecular weight excluding hydrogens is 288 g/mol. The molecular formula is C17H18N6. The second kappa shape index (κ2) is 5.69. The molecule has 0 fully saturated rings. The number of anilines is 1. The Morgan fingerprint density at radius 2 is 2.13 bits per heavy atom. The summed E-state index contributed by atoms with van der Waals surface area (Å²) < 4.78 is 1.72. The molecule has 0 unspecified atom stereocenters. The summed E-state index contributed by atoms with van der Waals surface area (Å²) in [6.07, 6.45) is 5.21. The van der Waals surface area contributed by atoms with Crippen molar-refractivity contribution in [1.29, 1.82) is 5.26 Å². The highest BCUT2D eigenvalue weighted by molar-refractivity contribution is 5.77. The first-order valence-corrected chi connectivity index (χ1v) is 7.41. The topological polar surface area (TPSA) is 78.9 Å². The van der Waals surface area contributed by atoms with Crippen molar-refractivity contribution in [2.75, 3.05) is 11.9 Å². The molecule has 116 valence electrons. The van der Waals surface area contributed by atoms with Crippen LogP contribution in [0, 0.1) is 16.7 Å². The van der Waals surface area contributed by atoms with E-state index in [0.29, 0.717) is 11.4 Å². The number of nitrogens with zero attached hydrogens (tertiary/aromatic N) is 5. The van der Waals surface area contributed by atoms with E-state index < -0.39 is 0 Å². The fraction of sp³-hybridized carbons (Fsp3) is 0.294. The van der Waals surface area contributed by atoms with Crippen molar-refractivity contribution in [1.82, 2.24) is 19.6 Å². The Balaban J connectivity index is 1.97. The lowest BCUT2D eigenvalue weighted by molar-refractivity contribution is 0.442. The van der Waals surface area contributed by atoms with Crippen LogP contribution in [0.4, 0.5) is 5.82 Å². The van der Waals surface area contributed by atoms with Crippen LogP contribution in [-0.4, -0.2) is 26.1 Å². The van der Waals surface area contributed by atoms with Gasteiger partial charge in [0.15, 0.2) is 5.82 Å². The van der Waals surface area contributed by atoms with Crippen molar-refractivity contribution in [3.8, 4) is 17.5 Å². The summed E-state index contributed by atoms with van der Waals surface area (Å²) in [5.74, 6) is 1.37. The van der Waals surface area contributed by atoms with Gasteiger partial charge in [0.25, 0.3) is 0 Å². The van der Waals surface area contributed by atoms with Gasteiger partial charge in [0.2, 0.25) is 0 Å². The number of hydrogen-bond acceptors (Lipinski definition) is 5. The molecule has 0 saturated heterocycles. The molecule has 0 amide bonds. The molecule has 0 aromatic carbocycles. The lowest BCUT2D eigenvalue weighted by atomic mass is 9.97. The standard InChI is InChI=1S/C17H18N6/c1-17(2,3)11-20-15-4-6-19-16(22-15)13-10-21-23-7-5-12(9-18)8-14(13)23/h4-8,10H,11H2,1-3H3,(H,19,20,22). The summed E-state index contributed by atoms with van der Waals surface area (Å²) in [6, 6.07) is 7.51. The number of nitriles is 1. The van der Waals surface area contributed by atoms with Crippen LogP contribution in [0.3, 0.4) is 0 Å². The maximum atomic E-state index is 9.07. The minimum absolute atomic E-state index is 0.164. The molecule has 0 spiro atoms. The van der Waals surface area contributed by atoms with Crippen LogP contribution in [0.2, 0.25) is 0 Å². The molecule has 6 heteroatoms. The zero-order chi connectivity index (χ0) is 16.4. The van der Waals surface area contributed by atoms with Gasteiger partial charge < -0.3 is 5.32 Å². The largest absolute Gasteiger partial charge is 0.369 e. The van der Waals surface area contributed by atoms with Gasteiger partial charge in [0.1, 0.15) is 5.82 Å². The average molecular weight is 306 g/mol. The minimum atomic E-state index is 0.164. The summed E-state index contributed by atoms with van der Waals surface area (Å²) in [4.78, 5) is 8.91. The predicted octanol–water partition coefficient (Wildman–Crippen LogP) is 3.12. The Morgan fingerprint density at radius 1 is 1.30 bits per heavy atom. The first-order chi connectivity index (χ1) is 11.0. The van der Waals surface area contributed by atoms with Gasteiger partial charge in [0.05, 0.1) is 28.9 Å². The first kappa shape index (κ1) is 15.0. The SMILES string of the molecule is CC(C)(C)CNc1ccnc(-c2cnn3ccc(C#N)cc23)n1. The van der Waals surface area contributed by atoms with E-state index in [9.17, 15) is 0 Å². The fourth-order valence-corrected chi connectivity index (χ4v) is 2.17. The third kappa shape index (κ3) is 3.29. The monoisotopic (exact) mass is 306 g/mol. The smallest absolute Gasteiger partial charge is 0.165 e. The van der Waals surface area contributed by atoms with Crippen molar-refractivity contribution >= 4 is 11.3 Å². The molecule has 0 aliphatic heterocycles. The highest BCUT2D eigenvalue weighted by Crippen LogP contribution is 2.23. The second-order valence-corrected chi connectivity index (χ2v) is 6.59. The van der Waals surface area contributed by atoms with E-state index in [0.717, 1.165) is 23.4 Å². The molecule has 6 nitrogen and oxygen atoms in total. The number of hydrogen-bond donors (Lipinski definition) is 1. The summed E-state index contributed by atoms with van der Waals surface area (Å²) in [5, 5.41) is 16.7. The predicted molar refractivity (Wildman–Crippen MR) is 88.9 cm³/mol. The lowest BCUT2D eigenvalue weighted by Gasteiger charge is -2.19. The molecule has 0 bridgehead atoms. The van der Waals surface area contributed by atoms with E-state index in [4.69, 9.17) is 5.26 Å². The first-order valence-electron chi connectivity index (χ1n) is 7.41. The molecule has 1 N–H and O–H groups in total. The number of fused-ring (bicyclic) bond motifs is 1. The molecule has 0 aliphatic rings. The van der Waals surface area contributed by atoms with Gasteiger partial charge in [0, 0.05) is 18.9 Å². The maximum Gasteiger partial charge on any atom is 0.165 e. The molecule has 3 heterocycles. The van der Waals surface area contributed by atoms with Crippen LogP contribution < -0.4 is 5.32 Å². The number of pyridine rings is 1. The molecule has 3 aromatic heterocycles. The quantitative estimate of drug-likeness (QED) is 0.804. The molecule has 0 saturated carbocycles. The number of nitrogens with one attached hydrogen (secondary N) is 1. The maximum absolute atomic E-state index is 9.07. The third-order valence-electron chi connectivity index (χ3n) is 3.35. The summed E-state index contributed by atoms with van der Waals surface area (Å²) in [6.45, 7) is 7.31. The van der Waals surface area contributed by atoms with Crippen LogP contribution >= 0.6 is 0 Å². The Kier molecular flexibility index (Phi) is 3.70. The van der Waals surface area contributed by atoms with Crippen LogP contribution in [-0.2, 0) is 0 Å². The van der Waals surface area contributed by atoms with E-state index in [1.807, 2.05) is 6.07 Å². The second-order valence-electron chi connectivity index (χ2n) is 6.59. The summed E-state index contributed by atoms with van der Waals surface area (Å²) in [7, 11) is 0. The van der Waals surface area contributed by atoms with Gasteiger partial charge in [-0.3, -0.25) is 0 Å². The van der Waals surface area contributed by atoms with Crippen LogP contribution in [0.15, 0.2) is 36.8 Å². The summed E-state index contributed by atoms with van der Waals surface area (Å²) in [5.41, 5.74) is 2.37. The van der Waals surface area contributed by atoms with Gasteiger partial charge in [-0.1, -0.05) is 20.8 Å². The van der Waals surface area contributed by atoms with Crippen molar-refractivity contribution < 1.29 is 0 Å². The Bertz CT molecular complexity index is 882. The van der Waals surface area contributed by atoms with E-state index in [1.54, 1.807) is 35.2 Å². The van der Waals surface area contributed by atoms with E-state index in [2.05, 4.69) is 47.2 Å². The molecule has 0 aliphatic carbocycles. The van der Waals surface area contributed by atoms with Crippen LogP contribution in [0.5, 0.6) is 0 Å². The Labute approximate surface area is 134 Å². The van der Waals surface area contributed by atoms with Gasteiger partial charge in [-0.05, 0) is 23.6 Å². The number of aromatic nitrogens is 4. The van der Waals surface area contributed by atoms with E-state index >= 15 is 0 Å². The highest BCUT2D eigenvalue weighted by Gasteiger charge is 2.13. The third-order valence-corrected chi connectivity index (χ3v) is 3.35. The van der Waals surface area contributed by atoms with E-state index in [-0.39, 0.29) is 5.41 Å². The highest BCUT2D eigenvalue weighted by atomic mass is 15.2. The van der Waals surface area contributed by atoms with Crippen molar-refractivity contribution in [2.45, 2.75) is 20.8 Å². The van der Waals surface area contributed by atoms with Crippen LogP contribution in [0.25, 0.3) is 16.9 Å². The van der Waals surface area contributed by atoms with Crippen molar-refractivity contribution in [3.05, 3.63) is 42.4 Å². The van der Waals surface area contributed by atoms with Gasteiger partial charge >= 0.3 is 0 Å². The molecule has 0 radical (unpaired) electrons.